The number of methoxy groups -OCH3 is 1. The first kappa shape index (κ1) is 11.5. The Morgan fingerprint density at radius 1 is 1.44 bits per heavy atom. The van der Waals surface area contributed by atoms with Gasteiger partial charge in [-0.3, -0.25) is 0 Å². The monoisotopic (exact) mass is 246 g/mol. The third-order valence-corrected chi connectivity index (χ3v) is 3.85. The summed E-state index contributed by atoms with van der Waals surface area (Å²) in [7, 11) is 1.77. The molecule has 3 rings (SSSR count). The van der Waals surface area contributed by atoms with Crippen molar-refractivity contribution in [2.45, 2.75) is 19.3 Å². The Morgan fingerprint density at radius 3 is 3.06 bits per heavy atom. The third kappa shape index (κ3) is 1.95. The van der Waals surface area contributed by atoms with Crippen LogP contribution in [0, 0.1) is 5.41 Å². The molecule has 18 heavy (non-hydrogen) atoms. The number of fused-ring (bicyclic) bond motifs is 1. The van der Waals surface area contributed by atoms with Gasteiger partial charge in [-0.2, -0.15) is 0 Å². The number of aromatic nitrogens is 3. The van der Waals surface area contributed by atoms with Crippen LogP contribution in [0.4, 0.5) is 5.82 Å². The summed E-state index contributed by atoms with van der Waals surface area (Å²) in [4.78, 5) is 11.6. The lowest BCUT2D eigenvalue weighted by atomic mass is 9.69. The summed E-state index contributed by atoms with van der Waals surface area (Å²) < 4.78 is 5.33. The molecule has 0 spiro atoms. The molecule has 0 saturated heterocycles. The van der Waals surface area contributed by atoms with Crippen LogP contribution in [0.5, 0.6) is 0 Å². The molecule has 2 heterocycles. The maximum absolute atomic E-state index is 5.33. The Morgan fingerprint density at radius 2 is 2.33 bits per heavy atom. The summed E-state index contributed by atoms with van der Waals surface area (Å²) in [6.45, 7) is 1.74. The first-order valence-corrected chi connectivity index (χ1v) is 6.34. The number of aromatic amines is 1. The van der Waals surface area contributed by atoms with E-state index in [2.05, 4.69) is 20.3 Å². The van der Waals surface area contributed by atoms with Crippen molar-refractivity contribution < 1.29 is 4.74 Å². The number of rotatable bonds is 5. The highest BCUT2D eigenvalue weighted by atomic mass is 16.5. The topological polar surface area (TPSA) is 62.8 Å². The Labute approximate surface area is 106 Å². The van der Waals surface area contributed by atoms with Gasteiger partial charge in [-0.15, -0.1) is 0 Å². The van der Waals surface area contributed by atoms with Crippen molar-refractivity contribution >= 4 is 16.9 Å². The van der Waals surface area contributed by atoms with Gasteiger partial charge in [0, 0.05) is 25.3 Å². The minimum absolute atomic E-state index is 0.294. The van der Waals surface area contributed by atoms with E-state index >= 15 is 0 Å². The molecule has 0 amide bonds. The average molecular weight is 246 g/mol. The number of ether oxygens (including phenoxy) is 1. The molecule has 2 aromatic heterocycles. The molecule has 1 aliphatic rings. The quantitative estimate of drug-likeness (QED) is 0.849. The van der Waals surface area contributed by atoms with Crippen LogP contribution in [0.25, 0.3) is 11.0 Å². The van der Waals surface area contributed by atoms with Gasteiger partial charge in [-0.1, -0.05) is 6.42 Å². The summed E-state index contributed by atoms with van der Waals surface area (Å²) in [5.74, 6) is 0.906. The van der Waals surface area contributed by atoms with Crippen LogP contribution in [-0.4, -0.2) is 35.2 Å². The molecule has 1 saturated carbocycles. The van der Waals surface area contributed by atoms with Crippen molar-refractivity contribution in [3.63, 3.8) is 0 Å². The lowest BCUT2D eigenvalue weighted by Gasteiger charge is -2.41. The molecule has 1 aliphatic carbocycles. The lowest BCUT2D eigenvalue weighted by molar-refractivity contribution is 0.0282. The van der Waals surface area contributed by atoms with Crippen molar-refractivity contribution in [1.29, 1.82) is 0 Å². The van der Waals surface area contributed by atoms with Crippen molar-refractivity contribution in [3.8, 4) is 0 Å². The van der Waals surface area contributed by atoms with Gasteiger partial charge < -0.3 is 15.0 Å². The zero-order valence-electron chi connectivity index (χ0n) is 10.6. The molecule has 0 unspecified atom stereocenters. The van der Waals surface area contributed by atoms with E-state index in [4.69, 9.17) is 4.74 Å². The summed E-state index contributed by atoms with van der Waals surface area (Å²) in [5.41, 5.74) is 1.17. The zero-order chi connectivity index (χ0) is 12.4. The third-order valence-electron chi connectivity index (χ3n) is 3.85. The molecule has 1 fully saturated rings. The van der Waals surface area contributed by atoms with Crippen LogP contribution < -0.4 is 5.32 Å². The first-order chi connectivity index (χ1) is 8.83. The van der Waals surface area contributed by atoms with E-state index in [0.717, 1.165) is 30.0 Å². The normalized spacial score (nSPS) is 17.6. The van der Waals surface area contributed by atoms with E-state index in [9.17, 15) is 0 Å². The highest BCUT2D eigenvalue weighted by Crippen LogP contribution is 2.41. The highest BCUT2D eigenvalue weighted by Gasteiger charge is 2.36. The molecular weight excluding hydrogens is 228 g/mol. The zero-order valence-corrected chi connectivity index (χ0v) is 10.6. The predicted molar refractivity (Wildman–Crippen MR) is 70.5 cm³/mol. The fourth-order valence-corrected chi connectivity index (χ4v) is 2.64. The Balaban J connectivity index is 1.74. The second-order valence-corrected chi connectivity index (χ2v) is 5.10. The van der Waals surface area contributed by atoms with Gasteiger partial charge in [0.15, 0.2) is 0 Å². The number of H-pyrrole nitrogens is 1. The van der Waals surface area contributed by atoms with Gasteiger partial charge >= 0.3 is 0 Å². The summed E-state index contributed by atoms with van der Waals surface area (Å²) in [5, 5.41) is 4.50. The highest BCUT2D eigenvalue weighted by molar-refractivity contribution is 5.86. The Bertz CT molecular complexity index is 533. The largest absolute Gasteiger partial charge is 0.384 e. The molecular formula is C13H18N4O. The van der Waals surface area contributed by atoms with E-state index in [0.29, 0.717) is 5.41 Å². The molecule has 2 aromatic rings. The van der Waals surface area contributed by atoms with Crippen molar-refractivity contribution in [2.24, 2.45) is 5.41 Å². The van der Waals surface area contributed by atoms with Crippen LogP contribution >= 0.6 is 0 Å². The van der Waals surface area contributed by atoms with Crippen molar-refractivity contribution in [1.82, 2.24) is 15.0 Å². The van der Waals surface area contributed by atoms with Crippen molar-refractivity contribution in [3.05, 3.63) is 18.6 Å². The number of nitrogens with one attached hydrogen (secondary N) is 2. The molecule has 0 atom stereocenters. The van der Waals surface area contributed by atoms with Crippen LogP contribution in [0.2, 0.25) is 0 Å². The van der Waals surface area contributed by atoms with E-state index in [1.807, 2.05) is 12.3 Å². The fraction of sp³-hybridized carbons (Fsp3) is 0.538. The summed E-state index contributed by atoms with van der Waals surface area (Å²) >= 11 is 0. The Hall–Kier alpha value is -1.62. The standard InChI is InChI=1S/C13H18N4O/c1-18-8-13(4-2-5-13)7-15-12-10-3-6-14-11(10)16-9-17-12/h3,6,9H,2,4-5,7-8H2,1H3,(H2,14,15,16,17). The number of hydrogen-bond donors (Lipinski definition) is 2. The van der Waals surface area contributed by atoms with E-state index < -0.39 is 0 Å². The number of hydrogen-bond acceptors (Lipinski definition) is 4. The molecule has 0 bridgehead atoms. The molecule has 96 valence electrons. The summed E-state index contributed by atoms with van der Waals surface area (Å²) in [6.07, 6.45) is 7.24. The molecule has 0 aromatic carbocycles. The van der Waals surface area contributed by atoms with Crippen molar-refractivity contribution in [2.75, 3.05) is 25.6 Å². The fourth-order valence-electron chi connectivity index (χ4n) is 2.64. The van der Waals surface area contributed by atoms with E-state index in [1.165, 1.54) is 19.3 Å². The minimum Gasteiger partial charge on any atom is -0.384 e. The van der Waals surface area contributed by atoms with Gasteiger partial charge in [0.2, 0.25) is 0 Å². The van der Waals surface area contributed by atoms with E-state index in [-0.39, 0.29) is 0 Å². The number of nitrogens with zero attached hydrogens (tertiary/aromatic N) is 2. The van der Waals surface area contributed by atoms with E-state index in [1.54, 1.807) is 13.4 Å². The predicted octanol–water partition coefficient (Wildman–Crippen LogP) is 2.19. The van der Waals surface area contributed by atoms with Gasteiger partial charge in [0.05, 0.1) is 12.0 Å². The van der Waals surface area contributed by atoms with Gasteiger partial charge in [-0.05, 0) is 18.9 Å². The van der Waals surface area contributed by atoms with Crippen LogP contribution in [-0.2, 0) is 4.74 Å². The Kier molecular flexibility index (Phi) is 2.91. The molecule has 5 nitrogen and oxygen atoms in total. The van der Waals surface area contributed by atoms with Crippen LogP contribution in [0.3, 0.4) is 0 Å². The minimum atomic E-state index is 0.294. The number of anilines is 1. The smallest absolute Gasteiger partial charge is 0.142 e. The SMILES string of the molecule is COCC1(CNc2ncnc3[nH]ccc23)CCC1. The van der Waals surface area contributed by atoms with Crippen LogP contribution in [0.15, 0.2) is 18.6 Å². The van der Waals surface area contributed by atoms with Gasteiger partial charge in [0.1, 0.15) is 17.8 Å². The summed E-state index contributed by atoms with van der Waals surface area (Å²) in [6, 6.07) is 2.00. The van der Waals surface area contributed by atoms with Crippen LogP contribution in [0.1, 0.15) is 19.3 Å². The second-order valence-electron chi connectivity index (χ2n) is 5.10. The average Bonchev–Trinajstić information content (AvgIpc) is 2.81. The van der Waals surface area contributed by atoms with Gasteiger partial charge in [-0.25, -0.2) is 9.97 Å². The molecule has 0 radical (unpaired) electrons. The second kappa shape index (κ2) is 4.57. The maximum atomic E-state index is 5.33. The molecule has 2 N–H and O–H groups in total. The lowest BCUT2D eigenvalue weighted by Crippen LogP contribution is -2.40. The molecule has 0 aliphatic heterocycles. The first-order valence-electron chi connectivity index (χ1n) is 6.34. The maximum Gasteiger partial charge on any atom is 0.142 e. The van der Waals surface area contributed by atoms with Gasteiger partial charge in [0.25, 0.3) is 0 Å². The molecule has 5 heteroatoms.